The molecule has 0 spiro atoms. The van der Waals surface area contributed by atoms with Gasteiger partial charge < -0.3 is 11.1 Å². The second-order valence-corrected chi connectivity index (χ2v) is 6.25. The molecule has 0 aromatic heterocycles. The van der Waals surface area contributed by atoms with Crippen molar-refractivity contribution in [1.82, 2.24) is 5.32 Å². The highest BCUT2D eigenvalue weighted by Crippen LogP contribution is 2.26. The molecule has 0 bridgehead atoms. The lowest BCUT2D eigenvalue weighted by molar-refractivity contribution is 0.0939. The summed E-state index contributed by atoms with van der Waals surface area (Å²) in [6, 6.07) is 9.92. The molecule has 0 heterocycles. The summed E-state index contributed by atoms with van der Waals surface area (Å²) in [5, 5.41) is 4.04. The van der Waals surface area contributed by atoms with E-state index in [1.54, 1.807) is 18.2 Å². The second-order valence-electron chi connectivity index (χ2n) is 6.25. The molecule has 3 rings (SSSR count). The van der Waals surface area contributed by atoms with Gasteiger partial charge in [0.25, 0.3) is 5.91 Å². The number of fused-ring (bicyclic) bond motifs is 1. The summed E-state index contributed by atoms with van der Waals surface area (Å²) in [6.07, 6.45) is 5.34. The number of nitrogens with one attached hydrogen (secondary N) is 1. The molecule has 1 saturated carbocycles. The molecular weight excluding hydrogens is 279 g/mol. The largest absolute Gasteiger partial charge is 0.350 e. The van der Waals surface area contributed by atoms with Crippen LogP contribution in [0.2, 0.25) is 0 Å². The maximum absolute atomic E-state index is 13.8. The highest BCUT2D eigenvalue weighted by molar-refractivity contribution is 6.07. The number of halogens is 1. The third-order valence-electron chi connectivity index (χ3n) is 4.57. The minimum Gasteiger partial charge on any atom is -0.350 e. The zero-order valence-electron chi connectivity index (χ0n) is 12.6. The van der Waals surface area contributed by atoms with Crippen LogP contribution in [0.1, 0.15) is 42.5 Å². The fourth-order valence-electron chi connectivity index (χ4n) is 3.24. The fraction of sp³-hybridized carbons (Fsp3) is 0.389. The van der Waals surface area contributed by atoms with E-state index in [2.05, 4.69) is 5.32 Å². The van der Waals surface area contributed by atoms with Crippen LogP contribution in [0, 0.1) is 5.82 Å². The minimum absolute atomic E-state index is 0.188. The SMILES string of the molecule is NC1(CNC(=O)c2ccc(F)c3ccccc23)CCCCC1. The zero-order valence-corrected chi connectivity index (χ0v) is 12.6. The van der Waals surface area contributed by atoms with Gasteiger partial charge in [0, 0.05) is 23.0 Å². The molecular formula is C18H21FN2O. The smallest absolute Gasteiger partial charge is 0.251 e. The van der Waals surface area contributed by atoms with Crippen molar-refractivity contribution in [2.75, 3.05) is 6.54 Å². The average molecular weight is 300 g/mol. The summed E-state index contributed by atoms with van der Waals surface area (Å²) >= 11 is 0. The first-order chi connectivity index (χ1) is 10.6. The van der Waals surface area contributed by atoms with Gasteiger partial charge in [-0.15, -0.1) is 0 Å². The lowest BCUT2D eigenvalue weighted by atomic mass is 9.82. The molecule has 0 unspecified atom stereocenters. The van der Waals surface area contributed by atoms with E-state index >= 15 is 0 Å². The van der Waals surface area contributed by atoms with E-state index in [-0.39, 0.29) is 17.3 Å². The number of benzene rings is 2. The maximum atomic E-state index is 13.8. The van der Waals surface area contributed by atoms with Gasteiger partial charge in [-0.05, 0) is 30.4 Å². The van der Waals surface area contributed by atoms with E-state index in [1.165, 1.54) is 18.6 Å². The highest BCUT2D eigenvalue weighted by Gasteiger charge is 2.28. The van der Waals surface area contributed by atoms with Crippen LogP contribution in [-0.4, -0.2) is 18.0 Å². The normalized spacial score (nSPS) is 17.4. The number of hydrogen-bond donors (Lipinski definition) is 2. The quantitative estimate of drug-likeness (QED) is 0.913. The Labute approximate surface area is 129 Å². The molecule has 0 saturated heterocycles. The Morgan fingerprint density at radius 3 is 2.50 bits per heavy atom. The number of carbonyl (C=O) groups excluding carboxylic acids is 1. The maximum Gasteiger partial charge on any atom is 0.251 e. The third-order valence-corrected chi connectivity index (χ3v) is 4.57. The van der Waals surface area contributed by atoms with Crippen LogP contribution < -0.4 is 11.1 Å². The van der Waals surface area contributed by atoms with Crippen molar-refractivity contribution < 1.29 is 9.18 Å². The molecule has 2 aromatic rings. The molecule has 2 aromatic carbocycles. The average Bonchev–Trinajstić information content (AvgIpc) is 2.54. The second kappa shape index (κ2) is 6.05. The van der Waals surface area contributed by atoms with Crippen LogP contribution in [0.15, 0.2) is 36.4 Å². The molecule has 116 valence electrons. The first kappa shape index (κ1) is 15.0. The van der Waals surface area contributed by atoms with E-state index in [0.717, 1.165) is 25.7 Å². The van der Waals surface area contributed by atoms with Crippen LogP contribution in [-0.2, 0) is 0 Å². The van der Waals surface area contributed by atoms with E-state index in [1.807, 2.05) is 6.07 Å². The summed E-state index contributed by atoms with van der Waals surface area (Å²) in [6.45, 7) is 0.470. The lowest BCUT2D eigenvalue weighted by Crippen LogP contribution is -2.51. The van der Waals surface area contributed by atoms with Gasteiger partial charge in [0.15, 0.2) is 0 Å². The summed E-state index contributed by atoms with van der Waals surface area (Å²) in [4.78, 5) is 12.5. The van der Waals surface area contributed by atoms with Gasteiger partial charge in [-0.2, -0.15) is 0 Å². The molecule has 3 nitrogen and oxygen atoms in total. The number of nitrogens with two attached hydrogens (primary N) is 1. The minimum atomic E-state index is -0.310. The van der Waals surface area contributed by atoms with Gasteiger partial charge in [0.1, 0.15) is 5.82 Å². The molecule has 0 aliphatic heterocycles. The van der Waals surface area contributed by atoms with E-state index in [0.29, 0.717) is 22.9 Å². The Morgan fingerprint density at radius 2 is 1.77 bits per heavy atom. The van der Waals surface area contributed by atoms with Gasteiger partial charge in [-0.25, -0.2) is 4.39 Å². The van der Waals surface area contributed by atoms with E-state index in [4.69, 9.17) is 5.73 Å². The van der Waals surface area contributed by atoms with Crippen LogP contribution in [0.25, 0.3) is 10.8 Å². The molecule has 4 heteroatoms. The van der Waals surface area contributed by atoms with Crippen LogP contribution >= 0.6 is 0 Å². The van der Waals surface area contributed by atoms with Crippen molar-refractivity contribution in [3.05, 3.63) is 47.8 Å². The third kappa shape index (κ3) is 2.97. The van der Waals surface area contributed by atoms with Crippen LogP contribution in [0.5, 0.6) is 0 Å². The number of rotatable bonds is 3. The molecule has 3 N–H and O–H groups in total. The summed E-state index contributed by atoms with van der Waals surface area (Å²) in [7, 11) is 0. The molecule has 1 aliphatic carbocycles. The highest BCUT2D eigenvalue weighted by atomic mass is 19.1. The standard InChI is InChI=1S/C18H21FN2O/c19-16-9-8-15(13-6-2-3-7-14(13)16)17(22)21-12-18(20)10-4-1-5-11-18/h2-3,6-9H,1,4-5,10-12,20H2,(H,21,22). The molecule has 1 fully saturated rings. The van der Waals surface area contributed by atoms with Gasteiger partial charge >= 0.3 is 0 Å². The topological polar surface area (TPSA) is 55.1 Å². The van der Waals surface area contributed by atoms with Crippen LogP contribution in [0.4, 0.5) is 4.39 Å². The number of hydrogen-bond acceptors (Lipinski definition) is 2. The van der Waals surface area contributed by atoms with Crippen molar-refractivity contribution in [1.29, 1.82) is 0 Å². The fourth-order valence-corrected chi connectivity index (χ4v) is 3.24. The molecule has 22 heavy (non-hydrogen) atoms. The Kier molecular flexibility index (Phi) is 4.12. The van der Waals surface area contributed by atoms with Crippen molar-refractivity contribution in [3.8, 4) is 0 Å². The Morgan fingerprint density at radius 1 is 1.09 bits per heavy atom. The van der Waals surface area contributed by atoms with Crippen molar-refractivity contribution in [2.45, 2.75) is 37.6 Å². The summed E-state index contributed by atoms with van der Waals surface area (Å²) in [5.41, 5.74) is 6.54. The lowest BCUT2D eigenvalue weighted by Gasteiger charge is -2.33. The Bertz CT molecular complexity index is 693. The van der Waals surface area contributed by atoms with E-state index < -0.39 is 0 Å². The van der Waals surface area contributed by atoms with Crippen molar-refractivity contribution in [3.63, 3.8) is 0 Å². The first-order valence-electron chi connectivity index (χ1n) is 7.83. The molecule has 1 amide bonds. The number of amides is 1. The Hall–Kier alpha value is -1.94. The molecule has 0 atom stereocenters. The van der Waals surface area contributed by atoms with Crippen molar-refractivity contribution >= 4 is 16.7 Å². The summed E-state index contributed by atoms with van der Waals surface area (Å²) < 4.78 is 13.8. The van der Waals surface area contributed by atoms with Crippen molar-refractivity contribution in [2.24, 2.45) is 5.73 Å². The van der Waals surface area contributed by atoms with Gasteiger partial charge in [-0.3, -0.25) is 4.79 Å². The first-order valence-corrected chi connectivity index (χ1v) is 7.83. The van der Waals surface area contributed by atoms with E-state index in [9.17, 15) is 9.18 Å². The summed E-state index contributed by atoms with van der Waals surface area (Å²) in [5.74, 6) is -0.499. The molecule has 1 aliphatic rings. The monoisotopic (exact) mass is 300 g/mol. The zero-order chi connectivity index (χ0) is 15.6. The number of carbonyl (C=O) groups is 1. The van der Waals surface area contributed by atoms with Gasteiger partial charge in [0.05, 0.1) is 0 Å². The van der Waals surface area contributed by atoms with Crippen LogP contribution in [0.3, 0.4) is 0 Å². The van der Waals surface area contributed by atoms with Gasteiger partial charge in [0.2, 0.25) is 0 Å². The Balaban J connectivity index is 1.79. The predicted molar refractivity (Wildman–Crippen MR) is 86.2 cm³/mol. The predicted octanol–water partition coefficient (Wildman–Crippen LogP) is 3.37. The molecule has 0 radical (unpaired) electrons. The van der Waals surface area contributed by atoms with Gasteiger partial charge in [-0.1, -0.05) is 43.5 Å².